The third-order valence-corrected chi connectivity index (χ3v) is 1.49. The van der Waals surface area contributed by atoms with E-state index in [1.165, 1.54) is 0 Å². The van der Waals surface area contributed by atoms with Crippen LogP contribution in [0.5, 0.6) is 0 Å². The quantitative estimate of drug-likeness (QED) is 0.496. The van der Waals surface area contributed by atoms with Crippen LogP contribution in [0.15, 0.2) is 24.0 Å². The van der Waals surface area contributed by atoms with E-state index in [0.29, 0.717) is 0 Å². The number of nitrogens with two attached hydrogens (primary N) is 1. The van der Waals surface area contributed by atoms with Gasteiger partial charge in [-0.1, -0.05) is 19.1 Å². The van der Waals surface area contributed by atoms with Gasteiger partial charge in [0, 0.05) is 0 Å². The normalized spacial score (nSPS) is 15.5. The number of methoxy groups -OCH3 is 1. The molecule has 1 atom stereocenters. The highest BCUT2D eigenvalue weighted by Crippen LogP contribution is 2.04. The summed E-state index contributed by atoms with van der Waals surface area (Å²) in [6.07, 6.45) is 6.67. The molecule has 0 spiro atoms. The molecule has 0 aliphatic heterocycles. The molecule has 0 aromatic carbocycles. The van der Waals surface area contributed by atoms with Crippen LogP contribution in [-0.2, 0) is 4.74 Å². The lowest BCUT2D eigenvalue weighted by atomic mass is 10.2. The van der Waals surface area contributed by atoms with E-state index in [1.54, 1.807) is 7.11 Å². The molecule has 11 heavy (non-hydrogen) atoms. The van der Waals surface area contributed by atoms with E-state index in [4.69, 9.17) is 10.5 Å². The van der Waals surface area contributed by atoms with Crippen LogP contribution in [0.3, 0.4) is 0 Å². The number of hydrogen-bond acceptors (Lipinski definition) is 2. The van der Waals surface area contributed by atoms with Gasteiger partial charge in [0.2, 0.25) is 0 Å². The molecule has 0 saturated carbocycles. The number of rotatable bonds is 4. The lowest BCUT2D eigenvalue weighted by Gasteiger charge is -2.11. The Labute approximate surface area is 68.7 Å². The van der Waals surface area contributed by atoms with Gasteiger partial charge in [0.05, 0.1) is 13.2 Å². The minimum Gasteiger partial charge on any atom is -0.499 e. The van der Waals surface area contributed by atoms with Crippen LogP contribution in [-0.4, -0.2) is 13.2 Å². The van der Waals surface area contributed by atoms with Gasteiger partial charge in [0.15, 0.2) is 0 Å². The van der Waals surface area contributed by atoms with Gasteiger partial charge in [-0.15, -0.1) is 0 Å². The zero-order valence-electron chi connectivity index (χ0n) is 7.50. The number of allylic oxidation sites excluding steroid dienone is 3. The highest BCUT2D eigenvalue weighted by atomic mass is 16.5. The summed E-state index contributed by atoms with van der Waals surface area (Å²) in [5.41, 5.74) is 5.74. The van der Waals surface area contributed by atoms with E-state index in [1.807, 2.05) is 32.1 Å². The van der Waals surface area contributed by atoms with Crippen LogP contribution < -0.4 is 5.73 Å². The molecule has 0 heterocycles. The minimum atomic E-state index is 0.0243. The first kappa shape index (κ1) is 10.2. The summed E-state index contributed by atoms with van der Waals surface area (Å²) in [6, 6.07) is 0.0243. The molecule has 0 fully saturated rings. The van der Waals surface area contributed by atoms with Gasteiger partial charge in [-0.3, -0.25) is 0 Å². The van der Waals surface area contributed by atoms with Gasteiger partial charge >= 0.3 is 0 Å². The summed E-state index contributed by atoms with van der Waals surface area (Å²) in [5.74, 6) is 0.839. The fourth-order valence-corrected chi connectivity index (χ4v) is 0.735. The summed E-state index contributed by atoms with van der Waals surface area (Å²) in [6.45, 7) is 3.99. The highest BCUT2D eigenvalue weighted by Gasteiger charge is 2.04. The summed E-state index contributed by atoms with van der Waals surface area (Å²) in [7, 11) is 1.64. The van der Waals surface area contributed by atoms with E-state index in [-0.39, 0.29) is 6.04 Å². The van der Waals surface area contributed by atoms with E-state index in [9.17, 15) is 0 Å². The maximum Gasteiger partial charge on any atom is 0.112 e. The molecule has 2 nitrogen and oxygen atoms in total. The van der Waals surface area contributed by atoms with Crippen molar-refractivity contribution in [3.8, 4) is 0 Å². The lowest BCUT2D eigenvalue weighted by molar-refractivity contribution is 0.262. The van der Waals surface area contributed by atoms with Crippen molar-refractivity contribution >= 4 is 0 Å². The fraction of sp³-hybridized carbons (Fsp3) is 0.556. The molecule has 2 N–H and O–H groups in total. The molecule has 0 aliphatic carbocycles. The SMILES string of the molecule is C/C=C\C=C(\OC)C(N)CC. The van der Waals surface area contributed by atoms with Crippen LogP contribution in [0, 0.1) is 0 Å². The molecule has 64 valence electrons. The lowest BCUT2D eigenvalue weighted by Crippen LogP contribution is -2.22. The predicted octanol–water partition coefficient (Wildman–Crippen LogP) is 1.83. The molecule has 0 aromatic rings. The first-order valence-corrected chi connectivity index (χ1v) is 3.88. The third kappa shape index (κ3) is 3.83. The van der Waals surface area contributed by atoms with Crippen molar-refractivity contribution in [2.24, 2.45) is 5.73 Å². The Kier molecular flexibility index (Phi) is 5.57. The molecule has 1 unspecified atom stereocenters. The zero-order valence-corrected chi connectivity index (χ0v) is 7.50. The molecule has 0 aliphatic rings. The van der Waals surface area contributed by atoms with Crippen LogP contribution in [0.2, 0.25) is 0 Å². The van der Waals surface area contributed by atoms with Crippen molar-refractivity contribution in [3.63, 3.8) is 0 Å². The Balaban J connectivity index is 4.13. The Bertz CT molecular complexity index is 150. The second kappa shape index (κ2) is 5.98. The largest absolute Gasteiger partial charge is 0.499 e. The third-order valence-electron chi connectivity index (χ3n) is 1.49. The molecular weight excluding hydrogens is 138 g/mol. The van der Waals surface area contributed by atoms with Crippen LogP contribution in [0.4, 0.5) is 0 Å². The molecule has 0 aromatic heterocycles. The van der Waals surface area contributed by atoms with Crippen molar-refractivity contribution in [2.75, 3.05) is 7.11 Å². The van der Waals surface area contributed by atoms with Gasteiger partial charge < -0.3 is 10.5 Å². The smallest absolute Gasteiger partial charge is 0.112 e. The Morgan fingerprint density at radius 2 is 2.27 bits per heavy atom. The Morgan fingerprint density at radius 1 is 1.64 bits per heavy atom. The van der Waals surface area contributed by atoms with Gasteiger partial charge in [-0.05, 0) is 19.4 Å². The van der Waals surface area contributed by atoms with Crippen molar-refractivity contribution < 1.29 is 4.74 Å². The molecule has 0 rings (SSSR count). The summed E-state index contributed by atoms with van der Waals surface area (Å²) < 4.78 is 5.09. The summed E-state index contributed by atoms with van der Waals surface area (Å²) >= 11 is 0. The topological polar surface area (TPSA) is 35.2 Å². The van der Waals surface area contributed by atoms with Crippen LogP contribution >= 0.6 is 0 Å². The average molecular weight is 155 g/mol. The van der Waals surface area contributed by atoms with Gasteiger partial charge in [0.25, 0.3) is 0 Å². The molecular formula is C9H17NO. The first-order chi connectivity index (χ1) is 5.26. The van der Waals surface area contributed by atoms with Gasteiger partial charge in [-0.2, -0.15) is 0 Å². The molecule has 2 heteroatoms. The standard InChI is InChI=1S/C9H17NO/c1-4-6-7-9(11-3)8(10)5-2/h4,6-8H,5,10H2,1-3H3/b6-4-,9-7+. The van der Waals surface area contributed by atoms with Crippen molar-refractivity contribution in [1.29, 1.82) is 0 Å². The second-order valence-corrected chi connectivity index (χ2v) is 2.31. The van der Waals surface area contributed by atoms with Crippen molar-refractivity contribution in [1.82, 2.24) is 0 Å². The van der Waals surface area contributed by atoms with Gasteiger partial charge in [0.1, 0.15) is 5.76 Å². The average Bonchev–Trinajstić information content (AvgIpc) is 2.05. The molecule has 0 amide bonds. The maximum absolute atomic E-state index is 5.74. The monoisotopic (exact) mass is 155 g/mol. The van der Waals surface area contributed by atoms with E-state index in [2.05, 4.69) is 0 Å². The van der Waals surface area contributed by atoms with E-state index in [0.717, 1.165) is 12.2 Å². The minimum absolute atomic E-state index is 0.0243. The van der Waals surface area contributed by atoms with E-state index < -0.39 is 0 Å². The molecule has 0 radical (unpaired) electrons. The highest BCUT2D eigenvalue weighted by molar-refractivity contribution is 5.11. The molecule has 0 saturated heterocycles. The zero-order chi connectivity index (χ0) is 8.69. The van der Waals surface area contributed by atoms with Crippen LogP contribution in [0.25, 0.3) is 0 Å². The Hall–Kier alpha value is -0.760. The van der Waals surface area contributed by atoms with Crippen LogP contribution in [0.1, 0.15) is 20.3 Å². The summed E-state index contributed by atoms with van der Waals surface area (Å²) in [4.78, 5) is 0. The first-order valence-electron chi connectivity index (χ1n) is 3.88. The van der Waals surface area contributed by atoms with Crippen molar-refractivity contribution in [2.45, 2.75) is 26.3 Å². The Morgan fingerprint density at radius 3 is 2.64 bits per heavy atom. The molecule has 0 bridgehead atoms. The maximum atomic E-state index is 5.74. The predicted molar refractivity (Wildman–Crippen MR) is 48.2 cm³/mol. The van der Waals surface area contributed by atoms with E-state index >= 15 is 0 Å². The number of ether oxygens (including phenoxy) is 1. The fourth-order valence-electron chi connectivity index (χ4n) is 0.735. The number of hydrogen-bond donors (Lipinski definition) is 1. The second-order valence-electron chi connectivity index (χ2n) is 2.31. The van der Waals surface area contributed by atoms with Gasteiger partial charge in [-0.25, -0.2) is 0 Å². The summed E-state index contributed by atoms with van der Waals surface area (Å²) in [5, 5.41) is 0. The van der Waals surface area contributed by atoms with Crippen molar-refractivity contribution in [3.05, 3.63) is 24.0 Å².